The first-order chi connectivity index (χ1) is 7.74. The lowest BCUT2D eigenvalue weighted by molar-refractivity contribution is 0.131. The van der Waals surface area contributed by atoms with E-state index in [0.717, 1.165) is 11.9 Å². The molecule has 0 bridgehead atoms. The molecular weight excluding hydrogens is 220 g/mol. The van der Waals surface area contributed by atoms with E-state index in [-0.39, 0.29) is 0 Å². The van der Waals surface area contributed by atoms with Crippen LogP contribution in [0.5, 0.6) is 0 Å². The van der Waals surface area contributed by atoms with Crippen LogP contribution in [0.4, 0.5) is 0 Å². The largest absolute Gasteiger partial charge is 0.305 e. The Kier molecular flexibility index (Phi) is 7.42. The highest BCUT2D eigenvalue weighted by Crippen LogP contribution is 2.14. The van der Waals surface area contributed by atoms with Gasteiger partial charge in [-0.3, -0.25) is 0 Å². The zero-order chi connectivity index (χ0) is 11.8. The average molecular weight is 247 g/mol. The summed E-state index contributed by atoms with van der Waals surface area (Å²) >= 11 is 5.67. The Labute approximate surface area is 106 Å². The molecule has 1 unspecified atom stereocenters. The molecule has 1 heterocycles. The lowest BCUT2D eigenvalue weighted by atomic mass is 10.0. The summed E-state index contributed by atoms with van der Waals surface area (Å²) in [6, 6.07) is 0.775. The molecule has 0 radical (unpaired) electrons. The summed E-state index contributed by atoms with van der Waals surface area (Å²) in [5, 5.41) is 0. The van der Waals surface area contributed by atoms with Gasteiger partial charge in [-0.15, -0.1) is 11.6 Å². The number of hydrogen-bond acceptors (Lipinski definition) is 2. The molecule has 96 valence electrons. The van der Waals surface area contributed by atoms with Crippen LogP contribution in [0.3, 0.4) is 0 Å². The van der Waals surface area contributed by atoms with Gasteiger partial charge >= 0.3 is 0 Å². The second-order valence-corrected chi connectivity index (χ2v) is 5.54. The molecule has 3 heteroatoms. The van der Waals surface area contributed by atoms with Crippen LogP contribution in [-0.4, -0.2) is 55.5 Å². The summed E-state index contributed by atoms with van der Waals surface area (Å²) in [6.45, 7) is 3.86. The van der Waals surface area contributed by atoms with Gasteiger partial charge in [0.2, 0.25) is 0 Å². The van der Waals surface area contributed by atoms with Gasteiger partial charge in [0.05, 0.1) is 0 Å². The van der Waals surface area contributed by atoms with E-state index in [1.165, 1.54) is 58.2 Å². The third-order valence-corrected chi connectivity index (χ3v) is 3.84. The van der Waals surface area contributed by atoms with Gasteiger partial charge in [-0.25, -0.2) is 0 Å². The van der Waals surface area contributed by atoms with Gasteiger partial charge in [0, 0.05) is 18.5 Å². The monoisotopic (exact) mass is 246 g/mol. The number of likely N-dealkylation sites (tertiary alicyclic amines) is 1. The number of piperidine rings is 1. The Morgan fingerprint density at radius 1 is 1.19 bits per heavy atom. The van der Waals surface area contributed by atoms with E-state index in [0.29, 0.717) is 0 Å². The van der Waals surface area contributed by atoms with Crippen molar-refractivity contribution in [2.75, 3.05) is 39.6 Å². The molecule has 0 saturated carbocycles. The summed E-state index contributed by atoms with van der Waals surface area (Å²) in [5.41, 5.74) is 0. The van der Waals surface area contributed by atoms with Gasteiger partial charge in [0.15, 0.2) is 0 Å². The van der Waals surface area contributed by atoms with Gasteiger partial charge in [-0.1, -0.05) is 12.8 Å². The zero-order valence-corrected chi connectivity index (χ0v) is 11.7. The number of hydrogen-bond donors (Lipinski definition) is 0. The number of rotatable bonds is 7. The summed E-state index contributed by atoms with van der Waals surface area (Å²) in [7, 11) is 4.41. The lowest BCUT2D eigenvalue weighted by Crippen LogP contribution is -2.45. The van der Waals surface area contributed by atoms with Crippen LogP contribution in [0.25, 0.3) is 0 Å². The molecule has 16 heavy (non-hydrogen) atoms. The smallest absolute Gasteiger partial charge is 0.0223 e. The van der Waals surface area contributed by atoms with Gasteiger partial charge in [0.25, 0.3) is 0 Å². The van der Waals surface area contributed by atoms with Crippen molar-refractivity contribution in [3.8, 4) is 0 Å². The third-order valence-electron chi connectivity index (χ3n) is 3.57. The summed E-state index contributed by atoms with van der Waals surface area (Å²) in [6.07, 6.45) is 7.91. The second kappa shape index (κ2) is 8.32. The molecule has 1 atom stereocenters. The Morgan fingerprint density at radius 3 is 2.62 bits per heavy atom. The maximum Gasteiger partial charge on any atom is 0.0223 e. The van der Waals surface area contributed by atoms with Gasteiger partial charge in [-0.05, 0) is 52.9 Å². The second-order valence-electron chi connectivity index (χ2n) is 5.16. The fourth-order valence-corrected chi connectivity index (χ4v) is 2.63. The number of likely N-dealkylation sites (N-methyl/N-ethyl adjacent to an activating group) is 1. The molecule has 0 aromatic heterocycles. The van der Waals surface area contributed by atoms with Crippen molar-refractivity contribution in [2.24, 2.45) is 0 Å². The first kappa shape index (κ1) is 14.3. The fourth-order valence-electron chi connectivity index (χ4n) is 2.44. The SMILES string of the molecule is CN(C)C1CCCN(CCCCCCCl)C1. The first-order valence-corrected chi connectivity index (χ1v) is 7.22. The number of halogens is 1. The summed E-state index contributed by atoms with van der Waals surface area (Å²) < 4.78 is 0. The normalized spacial score (nSPS) is 22.9. The predicted octanol–water partition coefficient (Wildman–Crippen LogP) is 2.81. The van der Waals surface area contributed by atoms with E-state index in [2.05, 4.69) is 23.9 Å². The van der Waals surface area contributed by atoms with Crippen molar-refractivity contribution in [3.63, 3.8) is 0 Å². The van der Waals surface area contributed by atoms with E-state index in [1.54, 1.807) is 0 Å². The van der Waals surface area contributed by atoms with Crippen molar-refractivity contribution in [3.05, 3.63) is 0 Å². The standard InChI is InChI=1S/C13H27ClN2/c1-15(2)13-8-7-11-16(12-13)10-6-4-3-5-9-14/h13H,3-12H2,1-2H3. The summed E-state index contributed by atoms with van der Waals surface area (Å²) in [4.78, 5) is 5.01. The fraction of sp³-hybridized carbons (Fsp3) is 1.00. The van der Waals surface area contributed by atoms with Gasteiger partial charge in [-0.2, -0.15) is 0 Å². The van der Waals surface area contributed by atoms with E-state index >= 15 is 0 Å². The minimum Gasteiger partial charge on any atom is -0.305 e. The minimum absolute atomic E-state index is 0.775. The number of alkyl halides is 1. The van der Waals surface area contributed by atoms with Crippen molar-refractivity contribution < 1.29 is 0 Å². The molecule has 1 aliphatic heterocycles. The van der Waals surface area contributed by atoms with Gasteiger partial charge in [0.1, 0.15) is 0 Å². The van der Waals surface area contributed by atoms with E-state index in [1.807, 2.05) is 0 Å². The molecule has 0 amide bonds. The number of nitrogens with zero attached hydrogens (tertiary/aromatic N) is 2. The Morgan fingerprint density at radius 2 is 1.94 bits per heavy atom. The first-order valence-electron chi connectivity index (χ1n) is 6.69. The molecule has 0 aromatic carbocycles. The summed E-state index contributed by atoms with van der Waals surface area (Å²) in [5.74, 6) is 0.826. The number of unbranched alkanes of at least 4 members (excludes halogenated alkanes) is 3. The minimum atomic E-state index is 0.775. The van der Waals surface area contributed by atoms with Crippen molar-refractivity contribution in [1.82, 2.24) is 9.80 Å². The predicted molar refractivity (Wildman–Crippen MR) is 72.3 cm³/mol. The van der Waals surface area contributed by atoms with Crippen molar-refractivity contribution >= 4 is 11.6 Å². The van der Waals surface area contributed by atoms with Crippen LogP contribution in [0.2, 0.25) is 0 Å². The maximum atomic E-state index is 5.67. The van der Waals surface area contributed by atoms with Gasteiger partial charge < -0.3 is 9.80 Å². The van der Waals surface area contributed by atoms with Crippen molar-refractivity contribution in [2.45, 2.75) is 44.6 Å². The quantitative estimate of drug-likeness (QED) is 0.504. The molecule has 2 nitrogen and oxygen atoms in total. The molecule has 1 aliphatic rings. The van der Waals surface area contributed by atoms with Crippen LogP contribution >= 0.6 is 11.6 Å². The van der Waals surface area contributed by atoms with Crippen LogP contribution in [0.1, 0.15) is 38.5 Å². The van der Waals surface area contributed by atoms with Crippen LogP contribution in [0, 0.1) is 0 Å². The van der Waals surface area contributed by atoms with E-state index in [4.69, 9.17) is 11.6 Å². The molecule has 0 aromatic rings. The maximum absolute atomic E-state index is 5.67. The Hall–Kier alpha value is 0.210. The van der Waals surface area contributed by atoms with Crippen LogP contribution in [0.15, 0.2) is 0 Å². The molecule has 0 N–H and O–H groups in total. The molecule has 0 aliphatic carbocycles. The lowest BCUT2D eigenvalue weighted by Gasteiger charge is -2.36. The Bertz CT molecular complexity index is 173. The molecule has 1 saturated heterocycles. The Balaban J connectivity index is 2.07. The molecule has 0 spiro atoms. The zero-order valence-electron chi connectivity index (χ0n) is 10.9. The van der Waals surface area contributed by atoms with Crippen molar-refractivity contribution in [1.29, 1.82) is 0 Å². The van der Waals surface area contributed by atoms with Crippen LogP contribution in [-0.2, 0) is 0 Å². The average Bonchev–Trinajstić information content (AvgIpc) is 2.29. The highest BCUT2D eigenvalue weighted by molar-refractivity contribution is 6.17. The van der Waals surface area contributed by atoms with Crippen LogP contribution < -0.4 is 0 Å². The highest BCUT2D eigenvalue weighted by Gasteiger charge is 2.20. The van der Waals surface area contributed by atoms with E-state index in [9.17, 15) is 0 Å². The molecular formula is C13H27ClN2. The topological polar surface area (TPSA) is 6.48 Å². The molecule has 1 fully saturated rings. The highest BCUT2D eigenvalue weighted by atomic mass is 35.5. The van der Waals surface area contributed by atoms with E-state index < -0.39 is 0 Å². The third kappa shape index (κ3) is 5.51. The molecule has 1 rings (SSSR count).